The quantitative estimate of drug-likeness (QED) is 0.388. The van der Waals surface area contributed by atoms with Gasteiger partial charge in [0.25, 0.3) is 0 Å². The van der Waals surface area contributed by atoms with Crippen molar-refractivity contribution in [1.29, 1.82) is 0 Å². The maximum atomic E-state index is 10.3. The van der Waals surface area contributed by atoms with E-state index in [4.69, 9.17) is 0 Å². The van der Waals surface area contributed by atoms with E-state index in [-0.39, 0.29) is 11.2 Å². The van der Waals surface area contributed by atoms with Gasteiger partial charge < -0.3 is 5.11 Å². The Kier molecular flexibility index (Phi) is 5.58. The van der Waals surface area contributed by atoms with E-state index in [9.17, 15) is 5.11 Å². The van der Waals surface area contributed by atoms with Gasteiger partial charge in [-0.3, -0.25) is 0 Å². The van der Waals surface area contributed by atoms with Crippen LogP contribution in [-0.4, -0.2) is 5.11 Å². The molecule has 0 bridgehead atoms. The molecule has 0 fully saturated rings. The predicted octanol–water partition coefficient (Wildman–Crippen LogP) is 7.66. The van der Waals surface area contributed by atoms with E-state index >= 15 is 0 Å². The summed E-state index contributed by atoms with van der Waals surface area (Å²) in [5, 5.41) is 19.2. The highest BCUT2D eigenvalue weighted by Gasteiger charge is 2.29. The lowest BCUT2D eigenvalue weighted by Gasteiger charge is -2.28. The SMILES string of the molecule is CC(C)(c1ccccc1)c1cc(Br)c(O)c(Br)c1N=Nc1ccccc1. The summed E-state index contributed by atoms with van der Waals surface area (Å²) < 4.78 is 1.13. The molecule has 0 radical (unpaired) electrons. The van der Waals surface area contributed by atoms with Gasteiger partial charge in [-0.25, -0.2) is 0 Å². The molecule has 0 saturated heterocycles. The number of aromatic hydroxyl groups is 1. The second kappa shape index (κ2) is 7.72. The zero-order chi connectivity index (χ0) is 18.7. The van der Waals surface area contributed by atoms with Gasteiger partial charge in [0, 0.05) is 5.41 Å². The number of halogens is 2. The van der Waals surface area contributed by atoms with Crippen LogP contribution in [0.2, 0.25) is 0 Å². The Bertz CT molecular complexity index is 939. The Morgan fingerprint density at radius 3 is 2.04 bits per heavy atom. The van der Waals surface area contributed by atoms with Crippen molar-refractivity contribution in [3.05, 3.63) is 86.8 Å². The van der Waals surface area contributed by atoms with Crippen molar-refractivity contribution in [2.75, 3.05) is 0 Å². The standard InChI is InChI=1S/C21H18Br2N2O/c1-21(2,14-9-5-3-6-10-14)16-13-17(22)20(26)18(23)19(16)25-24-15-11-7-4-8-12-15/h3-13,26H,1-2H3. The molecule has 132 valence electrons. The van der Waals surface area contributed by atoms with Crippen molar-refractivity contribution in [2.24, 2.45) is 10.2 Å². The van der Waals surface area contributed by atoms with Crippen LogP contribution in [0.5, 0.6) is 5.75 Å². The van der Waals surface area contributed by atoms with Crippen LogP contribution < -0.4 is 0 Å². The molecule has 0 aliphatic heterocycles. The zero-order valence-corrected chi connectivity index (χ0v) is 17.6. The average molecular weight is 474 g/mol. The van der Waals surface area contributed by atoms with E-state index in [0.717, 1.165) is 16.8 Å². The van der Waals surface area contributed by atoms with Gasteiger partial charge in [0.15, 0.2) is 0 Å². The third-order valence-corrected chi connectivity index (χ3v) is 5.71. The average Bonchev–Trinajstić information content (AvgIpc) is 2.66. The van der Waals surface area contributed by atoms with E-state index in [1.807, 2.05) is 54.6 Å². The van der Waals surface area contributed by atoms with Crippen LogP contribution in [0.3, 0.4) is 0 Å². The lowest BCUT2D eigenvalue weighted by molar-refractivity contribution is 0.467. The van der Waals surface area contributed by atoms with Crippen molar-refractivity contribution in [1.82, 2.24) is 0 Å². The minimum atomic E-state index is -0.328. The molecule has 0 unspecified atom stereocenters. The van der Waals surface area contributed by atoms with Crippen LogP contribution in [-0.2, 0) is 5.41 Å². The first-order valence-electron chi connectivity index (χ1n) is 8.15. The number of phenols is 1. The lowest BCUT2D eigenvalue weighted by Crippen LogP contribution is -2.19. The second-order valence-corrected chi connectivity index (χ2v) is 8.09. The van der Waals surface area contributed by atoms with E-state index in [1.165, 1.54) is 0 Å². The van der Waals surface area contributed by atoms with E-state index in [0.29, 0.717) is 14.6 Å². The summed E-state index contributed by atoms with van der Waals surface area (Å²) >= 11 is 6.93. The van der Waals surface area contributed by atoms with Crippen LogP contribution in [0.4, 0.5) is 11.4 Å². The summed E-state index contributed by atoms with van der Waals surface area (Å²) in [6.45, 7) is 4.27. The molecule has 3 nitrogen and oxygen atoms in total. The first-order valence-corrected chi connectivity index (χ1v) is 9.73. The monoisotopic (exact) mass is 472 g/mol. The fourth-order valence-corrected chi connectivity index (χ4v) is 3.99. The van der Waals surface area contributed by atoms with Gasteiger partial charge in [-0.05, 0) is 61.2 Å². The minimum Gasteiger partial charge on any atom is -0.505 e. The molecule has 0 heterocycles. The molecule has 0 aliphatic carbocycles. The van der Waals surface area contributed by atoms with Gasteiger partial charge >= 0.3 is 0 Å². The second-order valence-electron chi connectivity index (χ2n) is 6.44. The van der Waals surface area contributed by atoms with Crippen molar-refractivity contribution in [2.45, 2.75) is 19.3 Å². The number of benzene rings is 3. The highest BCUT2D eigenvalue weighted by atomic mass is 79.9. The molecule has 0 spiro atoms. The van der Waals surface area contributed by atoms with Crippen LogP contribution in [0.25, 0.3) is 0 Å². The Hall–Kier alpha value is -1.98. The van der Waals surface area contributed by atoms with E-state index in [1.54, 1.807) is 0 Å². The van der Waals surface area contributed by atoms with Gasteiger partial charge in [0.1, 0.15) is 11.4 Å². The zero-order valence-electron chi connectivity index (χ0n) is 14.4. The number of phenolic OH excluding ortho intramolecular Hbond substituents is 1. The van der Waals surface area contributed by atoms with Crippen LogP contribution in [0.1, 0.15) is 25.0 Å². The van der Waals surface area contributed by atoms with Gasteiger partial charge in [-0.2, -0.15) is 5.11 Å². The minimum absolute atomic E-state index is 0.111. The number of hydrogen-bond donors (Lipinski definition) is 1. The summed E-state index contributed by atoms with van der Waals surface area (Å²) in [5.41, 5.74) is 3.15. The highest BCUT2D eigenvalue weighted by molar-refractivity contribution is 9.11. The summed E-state index contributed by atoms with van der Waals surface area (Å²) in [6.07, 6.45) is 0. The fraction of sp³-hybridized carbons (Fsp3) is 0.143. The number of nitrogens with zero attached hydrogens (tertiary/aromatic N) is 2. The molecule has 0 atom stereocenters. The number of azo groups is 1. The van der Waals surface area contributed by atoms with Crippen LogP contribution in [0.15, 0.2) is 85.9 Å². The first-order chi connectivity index (χ1) is 12.4. The predicted molar refractivity (Wildman–Crippen MR) is 113 cm³/mol. The largest absolute Gasteiger partial charge is 0.505 e. The molecular formula is C21H18Br2N2O. The molecule has 0 saturated carbocycles. The molecule has 0 aliphatic rings. The molecule has 1 N–H and O–H groups in total. The van der Waals surface area contributed by atoms with Crippen molar-refractivity contribution in [3.63, 3.8) is 0 Å². The molecule has 0 amide bonds. The van der Waals surface area contributed by atoms with Crippen molar-refractivity contribution < 1.29 is 5.11 Å². The highest BCUT2D eigenvalue weighted by Crippen LogP contribution is 2.48. The molecule has 3 aromatic rings. The molecule has 3 rings (SSSR count). The topological polar surface area (TPSA) is 45.0 Å². The number of rotatable bonds is 4. The smallest absolute Gasteiger partial charge is 0.146 e. The maximum absolute atomic E-state index is 10.3. The molecule has 5 heteroatoms. The van der Waals surface area contributed by atoms with E-state index < -0.39 is 0 Å². The Morgan fingerprint density at radius 2 is 1.42 bits per heavy atom. The molecule has 3 aromatic carbocycles. The summed E-state index contributed by atoms with van der Waals surface area (Å²) in [7, 11) is 0. The van der Waals surface area contributed by atoms with Gasteiger partial charge in [0.2, 0.25) is 0 Å². The Morgan fingerprint density at radius 1 is 0.846 bits per heavy atom. The van der Waals surface area contributed by atoms with Crippen LogP contribution >= 0.6 is 31.9 Å². The van der Waals surface area contributed by atoms with Crippen molar-refractivity contribution in [3.8, 4) is 5.75 Å². The third kappa shape index (κ3) is 3.74. The van der Waals surface area contributed by atoms with Gasteiger partial charge in [-0.15, -0.1) is 5.11 Å². The summed E-state index contributed by atoms with van der Waals surface area (Å²) in [5.74, 6) is 0.111. The first kappa shape index (κ1) is 18.8. The molecular weight excluding hydrogens is 456 g/mol. The fourth-order valence-electron chi connectivity index (χ4n) is 2.79. The Balaban J connectivity index is 2.17. The van der Waals surface area contributed by atoms with Gasteiger partial charge in [-0.1, -0.05) is 62.4 Å². The van der Waals surface area contributed by atoms with Gasteiger partial charge in [0.05, 0.1) is 14.6 Å². The normalized spacial score (nSPS) is 11.8. The summed E-state index contributed by atoms with van der Waals surface area (Å²) in [6, 6.07) is 21.7. The third-order valence-electron chi connectivity index (χ3n) is 4.36. The molecule has 26 heavy (non-hydrogen) atoms. The van der Waals surface area contributed by atoms with Crippen LogP contribution in [0, 0.1) is 0 Å². The van der Waals surface area contributed by atoms with E-state index in [2.05, 4.69) is 68.1 Å². The summed E-state index contributed by atoms with van der Waals surface area (Å²) in [4.78, 5) is 0. The maximum Gasteiger partial charge on any atom is 0.146 e. The number of hydrogen-bond acceptors (Lipinski definition) is 3. The lowest BCUT2D eigenvalue weighted by atomic mass is 9.77. The van der Waals surface area contributed by atoms with Crippen molar-refractivity contribution >= 4 is 43.2 Å². The molecule has 0 aromatic heterocycles. The Labute approximate surface area is 170 Å².